The van der Waals surface area contributed by atoms with E-state index in [9.17, 15) is 14.3 Å². The first-order valence-corrected chi connectivity index (χ1v) is 9.29. The number of anilines is 1. The fourth-order valence-electron chi connectivity index (χ4n) is 3.60. The van der Waals surface area contributed by atoms with Gasteiger partial charge >= 0.3 is 0 Å². The van der Waals surface area contributed by atoms with Crippen LogP contribution in [0.25, 0.3) is 0 Å². The number of hydrogen-bond donors (Lipinski definition) is 2. The Morgan fingerprint density at radius 3 is 2.81 bits per heavy atom. The Bertz CT molecular complexity index is 668. The maximum Gasteiger partial charge on any atom is 0.253 e. The standard InChI is InChI=1S/C19H28FN3O4/c1-14-10-27-13-19(12-24,22(14)2)11-21-18(25)16-9-15(20)3-4-17(16)23-5-7-26-8-6-23/h3-4,9,14,24H,5-8,10-13H2,1-2H3,(H,21,25)/t14-,19+/m1/s1. The number of nitrogens with one attached hydrogen (secondary N) is 1. The van der Waals surface area contributed by atoms with Gasteiger partial charge in [0.1, 0.15) is 5.82 Å². The second-order valence-electron chi connectivity index (χ2n) is 7.30. The summed E-state index contributed by atoms with van der Waals surface area (Å²) in [5, 5.41) is 12.8. The third kappa shape index (κ3) is 4.24. The Morgan fingerprint density at radius 2 is 2.11 bits per heavy atom. The number of morpholine rings is 2. The van der Waals surface area contributed by atoms with E-state index in [4.69, 9.17) is 9.47 Å². The second kappa shape index (κ2) is 8.52. The Kier molecular flexibility index (Phi) is 6.31. The summed E-state index contributed by atoms with van der Waals surface area (Å²) in [5.41, 5.74) is 0.286. The predicted molar refractivity (Wildman–Crippen MR) is 99.6 cm³/mol. The summed E-state index contributed by atoms with van der Waals surface area (Å²) in [4.78, 5) is 16.9. The number of carbonyl (C=O) groups is 1. The summed E-state index contributed by atoms with van der Waals surface area (Å²) in [6.07, 6.45) is 0. The van der Waals surface area contributed by atoms with Crippen molar-refractivity contribution in [1.29, 1.82) is 0 Å². The van der Waals surface area contributed by atoms with Gasteiger partial charge in [-0.25, -0.2) is 4.39 Å². The monoisotopic (exact) mass is 381 g/mol. The summed E-state index contributed by atoms with van der Waals surface area (Å²) >= 11 is 0. The molecule has 2 atom stereocenters. The largest absolute Gasteiger partial charge is 0.394 e. The maximum absolute atomic E-state index is 13.8. The lowest BCUT2D eigenvalue weighted by Gasteiger charge is -2.47. The molecule has 27 heavy (non-hydrogen) atoms. The van der Waals surface area contributed by atoms with Gasteiger partial charge < -0.3 is 24.8 Å². The number of ether oxygens (including phenoxy) is 2. The number of nitrogens with zero attached hydrogens (tertiary/aromatic N) is 2. The van der Waals surface area contributed by atoms with E-state index in [1.54, 1.807) is 6.07 Å². The Labute approximate surface area is 159 Å². The van der Waals surface area contributed by atoms with Gasteiger partial charge in [-0.05, 0) is 32.2 Å². The SMILES string of the molecule is C[C@@H]1COC[C@@](CO)(CNC(=O)c2cc(F)ccc2N2CCOCC2)N1C. The van der Waals surface area contributed by atoms with Gasteiger partial charge in [-0.1, -0.05) is 0 Å². The number of aliphatic hydroxyl groups is 1. The molecular weight excluding hydrogens is 353 g/mol. The molecule has 0 radical (unpaired) electrons. The second-order valence-corrected chi connectivity index (χ2v) is 7.30. The molecule has 1 amide bonds. The molecule has 2 heterocycles. The zero-order valence-electron chi connectivity index (χ0n) is 15.9. The van der Waals surface area contributed by atoms with Gasteiger partial charge in [0.2, 0.25) is 0 Å². The van der Waals surface area contributed by atoms with Gasteiger partial charge in [-0.15, -0.1) is 0 Å². The van der Waals surface area contributed by atoms with E-state index in [2.05, 4.69) is 5.32 Å². The molecule has 0 unspecified atom stereocenters. The first kappa shape index (κ1) is 20.0. The number of hydrogen-bond acceptors (Lipinski definition) is 6. The molecule has 0 bridgehead atoms. The van der Waals surface area contributed by atoms with Crippen LogP contribution >= 0.6 is 0 Å². The average Bonchev–Trinajstić information content (AvgIpc) is 2.69. The predicted octanol–water partition coefficient (Wildman–Crippen LogP) is 0.474. The van der Waals surface area contributed by atoms with Crippen molar-refractivity contribution in [3.05, 3.63) is 29.6 Å². The molecule has 2 N–H and O–H groups in total. The molecule has 0 aliphatic carbocycles. The van der Waals surface area contributed by atoms with Crippen LogP contribution in [0.4, 0.5) is 10.1 Å². The van der Waals surface area contributed by atoms with Crippen LogP contribution in [-0.4, -0.2) is 87.2 Å². The van der Waals surface area contributed by atoms with Crippen molar-refractivity contribution < 1.29 is 23.8 Å². The fourth-order valence-corrected chi connectivity index (χ4v) is 3.60. The first-order chi connectivity index (χ1) is 13.0. The van der Waals surface area contributed by atoms with E-state index < -0.39 is 11.4 Å². The van der Waals surface area contributed by atoms with E-state index >= 15 is 0 Å². The Morgan fingerprint density at radius 1 is 1.37 bits per heavy atom. The number of carbonyl (C=O) groups excluding carboxylic acids is 1. The third-order valence-electron chi connectivity index (χ3n) is 5.57. The van der Waals surface area contributed by atoms with Crippen LogP contribution in [0.3, 0.4) is 0 Å². The summed E-state index contributed by atoms with van der Waals surface area (Å²) < 4.78 is 24.8. The maximum atomic E-state index is 13.8. The molecule has 7 nitrogen and oxygen atoms in total. The Balaban J connectivity index is 1.76. The van der Waals surface area contributed by atoms with E-state index in [0.717, 1.165) is 0 Å². The first-order valence-electron chi connectivity index (χ1n) is 9.29. The molecule has 3 rings (SSSR count). The van der Waals surface area contributed by atoms with Gasteiger partial charge in [0.25, 0.3) is 5.91 Å². The van der Waals surface area contributed by atoms with Crippen molar-refractivity contribution in [3.63, 3.8) is 0 Å². The van der Waals surface area contributed by atoms with Crippen molar-refractivity contribution in [3.8, 4) is 0 Å². The van der Waals surface area contributed by atoms with Gasteiger partial charge in [0.15, 0.2) is 0 Å². The lowest BCUT2D eigenvalue weighted by atomic mass is 9.95. The van der Waals surface area contributed by atoms with Crippen LogP contribution in [0.1, 0.15) is 17.3 Å². The summed E-state index contributed by atoms with van der Waals surface area (Å²) in [6.45, 7) is 5.44. The van der Waals surface area contributed by atoms with Crippen molar-refractivity contribution in [2.75, 3.05) is 64.6 Å². The van der Waals surface area contributed by atoms with Gasteiger partial charge in [-0.2, -0.15) is 0 Å². The smallest absolute Gasteiger partial charge is 0.253 e. The number of amides is 1. The molecule has 150 valence electrons. The van der Waals surface area contributed by atoms with Crippen LogP contribution in [0, 0.1) is 5.82 Å². The van der Waals surface area contributed by atoms with Crippen molar-refractivity contribution in [2.24, 2.45) is 0 Å². The van der Waals surface area contributed by atoms with Crippen molar-refractivity contribution >= 4 is 11.6 Å². The van der Waals surface area contributed by atoms with Crippen LogP contribution < -0.4 is 10.2 Å². The third-order valence-corrected chi connectivity index (χ3v) is 5.57. The molecule has 2 aliphatic rings. The fraction of sp³-hybridized carbons (Fsp3) is 0.632. The van der Waals surface area contributed by atoms with Crippen LogP contribution in [-0.2, 0) is 9.47 Å². The van der Waals surface area contributed by atoms with Crippen LogP contribution in [0.15, 0.2) is 18.2 Å². The summed E-state index contributed by atoms with van der Waals surface area (Å²) in [7, 11) is 1.91. The van der Waals surface area contributed by atoms with E-state index in [1.165, 1.54) is 12.1 Å². The molecule has 2 aliphatic heterocycles. The minimum Gasteiger partial charge on any atom is -0.394 e. The number of rotatable bonds is 5. The van der Waals surface area contributed by atoms with E-state index in [1.807, 2.05) is 23.8 Å². The van der Waals surface area contributed by atoms with Crippen molar-refractivity contribution in [2.45, 2.75) is 18.5 Å². The quantitative estimate of drug-likeness (QED) is 0.773. The molecule has 2 fully saturated rings. The highest BCUT2D eigenvalue weighted by atomic mass is 19.1. The number of halogens is 1. The summed E-state index contributed by atoms with van der Waals surface area (Å²) in [5.74, 6) is -0.823. The lowest BCUT2D eigenvalue weighted by Crippen LogP contribution is -2.65. The molecule has 8 heteroatoms. The van der Waals surface area contributed by atoms with Crippen molar-refractivity contribution in [1.82, 2.24) is 10.2 Å². The van der Waals surface area contributed by atoms with E-state index in [0.29, 0.717) is 45.2 Å². The van der Waals surface area contributed by atoms with E-state index in [-0.39, 0.29) is 30.7 Å². The highest BCUT2D eigenvalue weighted by molar-refractivity contribution is 6.00. The molecule has 0 spiro atoms. The van der Waals surface area contributed by atoms with Crippen LogP contribution in [0.2, 0.25) is 0 Å². The zero-order chi connectivity index (χ0) is 19.4. The van der Waals surface area contributed by atoms with Gasteiger partial charge in [-0.3, -0.25) is 9.69 Å². The Hall–Kier alpha value is -1.74. The average molecular weight is 381 g/mol. The van der Waals surface area contributed by atoms with Gasteiger partial charge in [0.05, 0.1) is 44.1 Å². The molecule has 1 aromatic rings. The highest BCUT2D eigenvalue weighted by Gasteiger charge is 2.40. The molecule has 1 aromatic carbocycles. The molecular formula is C19H28FN3O4. The highest BCUT2D eigenvalue weighted by Crippen LogP contribution is 2.25. The van der Waals surface area contributed by atoms with Gasteiger partial charge in [0, 0.05) is 31.4 Å². The summed E-state index contributed by atoms with van der Waals surface area (Å²) in [6, 6.07) is 4.38. The number of likely N-dealkylation sites (N-methyl/N-ethyl adjacent to an activating group) is 1. The number of benzene rings is 1. The number of aliphatic hydroxyl groups excluding tert-OH is 1. The minimum atomic E-state index is -0.695. The molecule has 2 saturated heterocycles. The normalized spacial score (nSPS) is 26.8. The van der Waals surface area contributed by atoms with Crippen LogP contribution in [0.5, 0.6) is 0 Å². The minimum absolute atomic E-state index is 0.126. The molecule has 0 saturated carbocycles. The lowest BCUT2D eigenvalue weighted by molar-refractivity contribution is -0.105. The zero-order valence-corrected chi connectivity index (χ0v) is 15.9. The molecule has 0 aromatic heterocycles. The topological polar surface area (TPSA) is 74.3 Å².